The van der Waals surface area contributed by atoms with Crippen LogP contribution in [0.15, 0.2) is 24.3 Å². The summed E-state index contributed by atoms with van der Waals surface area (Å²) in [5.74, 6) is 0. The van der Waals surface area contributed by atoms with Crippen molar-refractivity contribution in [1.29, 1.82) is 0 Å². The van der Waals surface area contributed by atoms with Crippen LogP contribution in [-0.2, 0) is 11.2 Å². The van der Waals surface area contributed by atoms with Crippen LogP contribution in [0, 0.1) is 0 Å². The first kappa shape index (κ1) is 8.30. The predicted octanol–water partition coefficient (Wildman–Crippen LogP) is 1.76. The van der Waals surface area contributed by atoms with Crippen molar-refractivity contribution in [3.8, 4) is 0 Å². The highest BCUT2D eigenvalue weighted by molar-refractivity contribution is 5.50. The molecule has 1 atom stereocenters. The molecule has 0 aliphatic carbocycles. The zero-order chi connectivity index (χ0) is 9.26. The third-order valence-corrected chi connectivity index (χ3v) is 2.78. The second-order valence-electron chi connectivity index (χ2n) is 3.47. The molecule has 0 aromatic heterocycles. The monoisotopic (exact) mass is 175 g/mol. The van der Waals surface area contributed by atoms with Crippen LogP contribution in [0.2, 0.25) is 0 Å². The number of nitrogens with zero attached hydrogens (tertiary/aromatic N) is 1. The molecule has 1 amide bonds. The van der Waals surface area contributed by atoms with Gasteiger partial charge in [0.1, 0.15) is 0 Å². The molecule has 68 valence electrons. The van der Waals surface area contributed by atoms with Crippen molar-refractivity contribution in [2.75, 3.05) is 6.54 Å². The topological polar surface area (TPSA) is 20.3 Å². The lowest BCUT2D eigenvalue weighted by atomic mass is 9.94. The van der Waals surface area contributed by atoms with Crippen molar-refractivity contribution in [2.24, 2.45) is 0 Å². The minimum atomic E-state index is 0.238. The van der Waals surface area contributed by atoms with Crippen LogP contribution in [-0.4, -0.2) is 17.9 Å². The molecule has 1 heterocycles. The van der Waals surface area contributed by atoms with E-state index in [1.165, 1.54) is 11.1 Å². The van der Waals surface area contributed by atoms with Gasteiger partial charge in [0.2, 0.25) is 6.41 Å². The van der Waals surface area contributed by atoms with E-state index in [9.17, 15) is 4.79 Å². The van der Waals surface area contributed by atoms with Gasteiger partial charge in [-0.25, -0.2) is 0 Å². The molecule has 1 aromatic rings. The average molecular weight is 175 g/mol. The molecule has 0 radical (unpaired) electrons. The summed E-state index contributed by atoms with van der Waals surface area (Å²) in [6, 6.07) is 8.58. The number of amides is 1. The van der Waals surface area contributed by atoms with Crippen LogP contribution >= 0.6 is 0 Å². The highest BCUT2D eigenvalue weighted by atomic mass is 16.1. The number of benzene rings is 1. The lowest BCUT2D eigenvalue weighted by molar-refractivity contribution is -0.120. The first-order valence-electron chi connectivity index (χ1n) is 4.62. The van der Waals surface area contributed by atoms with E-state index in [0.717, 1.165) is 19.4 Å². The molecule has 0 N–H and O–H groups in total. The van der Waals surface area contributed by atoms with Gasteiger partial charge < -0.3 is 4.90 Å². The van der Waals surface area contributed by atoms with Crippen LogP contribution < -0.4 is 0 Å². The SMILES string of the molecule is C[C@H]1c2ccccc2CCN1C=O. The van der Waals surface area contributed by atoms with Crippen molar-refractivity contribution in [2.45, 2.75) is 19.4 Å². The fourth-order valence-electron chi connectivity index (χ4n) is 1.94. The maximum Gasteiger partial charge on any atom is 0.210 e. The van der Waals surface area contributed by atoms with E-state index in [2.05, 4.69) is 25.1 Å². The Labute approximate surface area is 78.2 Å². The van der Waals surface area contributed by atoms with Crippen molar-refractivity contribution in [1.82, 2.24) is 4.90 Å². The minimum Gasteiger partial charge on any atom is -0.338 e. The van der Waals surface area contributed by atoms with Crippen molar-refractivity contribution < 1.29 is 4.79 Å². The Bertz CT molecular complexity index is 322. The molecule has 0 saturated carbocycles. The van der Waals surface area contributed by atoms with Gasteiger partial charge >= 0.3 is 0 Å². The molecule has 0 spiro atoms. The second kappa shape index (κ2) is 3.21. The molecule has 1 aliphatic heterocycles. The average Bonchev–Trinajstić information content (AvgIpc) is 2.19. The molecular weight excluding hydrogens is 162 g/mol. The lowest BCUT2D eigenvalue weighted by Crippen LogP contribution is -2.32. The molecule has 2 nitrogen and oxygen atoms in total. The number of carbonyl (C=O) groups excluding carboxylic acids is 1. The number of carbonyl (C=O) groups is 1. The summed E-state index contributed by atoms with van der Waals surface area (Å²) in [7, 11) is 0. The molecule has 0 saturated heterocycles. The minimum absolute atomic E-state index is 0.238. The second-order valence-corrected chi connectivity index (χ2v) is 3.47. The highest BCUT2D eigenvalue weighted by Gasteiger charge is 2.21. The fourth-order valence-corrected chi connectivity index (χ4v) is 1.94. The van der Waals surface area contributed by atoms with E-state index < -0.39 is 0 Å². The molecule has 0 unspecified atom stereocenters. The quantitative estimate of drug-likeness (QED) is 0.595. The predicted molar refractivity (Wildman–Crippen MR) is 51.3 cm³/mol. The molecule has 0 fully saturated rings. The molecule has 1 aromatic carbocycles. The number of rotatable bonds is 1. The maximum absolute atomic E-state index is 10.7. The molecule has 2 heteroatoms. The van der Waals surface area contributed by atoms with E-state index >= 15 is 0 Å². The summed E-state index contributed by atoms with van der Waals surface area (Å²) in [5, 5.41) is 0. The van der Waals surface area contributed by atoms with Gasteiger partial charge in [-0.15, -0.1) is 0 Å². The van der Waals surface area contributed by atoms with Crippen LogP contribution in [0.1, 0.15) is 24.1 Å². The van der Waals surface area contributed by atoms with E-state index in [0.29, 0.717) is 0 Å². The maximum atomic E-state index is 10.7. The molecule has 0 bridgehead atoms. The van der Waals surface area contributed by atoms with Crippen molar-refractivity contribution in [3.63, 3.8) is 0 Å². The van der Waals surface area contributed by atoms with Crippen molar-refractivity contribution in [3.05, 3.63) is 35.4 Å². The Morgan fingerprint density at radius 3 is 3.00 bits per heavy atom. The number of hydrogen-bond donors (Lipinski definition) is 0. The normalized spacial score (nSPS) is 21.0. The zero-order valence-electron chi connectivity index (χ0n) is 7.73. The Balaban J connectivity index is 2.38. The molecule has 2 rings (SSSR count). The van der Waals surface area contributed by atoms with E-state index in [4.69, 9.17) is 0 Å². The molecule has 1 aliphatic rings. The van der Waals surface area contributed by atoms with Gasteiger partial charge in [-0.2, -0.15) is 0 Å². The summed E-state index contributed by atoms with van der Waals surface area (Å²) >= 11 is 0. The summed E-state index contributed by atoms with van der Waals surface area (Å²) in [4.78, 5) is 12.6. The Hall–Kier alpha value is -1.31. The van der Waals surface area contributed by atoms with Gasteiger partial charge in [-0.05, 0) is 24.5 Å². The van der Waals surface area contributed by atoms with Gasteiger partial charge in [0.25, 0.3) is 0 Å². The van der Waals surface area contributed by atoms with E-state index in [1.54, 1.807) is 0 Å². The van der Waals surface area contributed by atoms with Gasteiger partial charge in [0, 0.05) is 6.54 Å². The van der Waals surface area contributed by atoms with Gasteiger partial charge in [0.15, 0.2) is 0 Å². The summed E-state index contributed by atoms with van der Waals surface area (Å²) in [6.45, 7) is 2.92. The van der Waals surface area contributed by atoms with Gasteiger partial charge in [-0.1, -0.05) is 24.3 Å². The zero-order valence-corrected chi connectivity index (χ0v) is 7.73. The largest absolute Gasteiger partial charge is 0.338 e. The van der Waals surface area contributed by atoms with Crippen LogP contribution in [0.5, 0.6) is 0 Å². The van der Waals surface area contributed by atoms with Crippen molar-refractivity contribution >= 4 is 6.41 Å². The third-order valence-electron chi connectivity index (χ3n) is 2.78. The van der Waals surface area contributed by atoms with Crippen LogP contribution in [0.4, 0.5) is 0 Å². The van der Waals surface area contributed by atoms with Crippen LogP contribution in [0.25, 0.3) is 0 Å². The van der Waals surface area contributed by atoms with Crippen LogP contribution in [0.3, 0.4) is 0 Å². The van der Waals surface area contributed by atoms with Gasteiger partial charge in [-0.3, -0.25) is 4.79 Å². The molecule has 13 heavy (non-hydrogen) atoms. The van der Waals surface area contributed by atoms with E-state index in [-0.39, 0.29) is 6.04 Å². The fraction of sp³-hybridized carbons (Fsp3) is 0.364. The Morgan fingerprint density at radius 2 is 2.23 bits per heavy atom. The number of fused-ring (bicyclic) bond motifs is 1. The number of hydrogen-bond acceptors (Lipinski definition) is 1. The lowest BCUT2D eigenvalue weighted by Gasteiger charge is -2.32. The third kappa shape index (κ3) is 1.32. The Kier molecular flexibility index (Phi) is 2.05. The summed E-state index contributed by atoms with van der Waals surface area (Å²) < 4.78 is 0. The first-order chi connectivity index (χ1) is 6.33. The van der Waals surface area contributed by atoms with Gasteiger partial charge in [0.05, 0.1) is 6.04 Å². The van der Waals surface area contributed by atoms with E-state index in [1.807, 2.05) is 11.0 Å². The molecular formula is C11H13NO. The highest BCUT2D eigenvalue weighted by Crippen LogP contribution is 2.27. The Morgan fingerprint density at radius 1 is 1.46 bits per heavy atom. The first-order valence-corrected chi connectivity index (χ1v) is 4.62. The summed E-state index contributed by atoms with van der Waals surface area (Å²) in [6.07, 6.45) is 1.93. The summed E-state index contributed by atoms with van der Waals surface area (Å²) in [5.41, 5.74) is 2.67. The smallest absolute Gasteiger partial charge is 0.210 e. The standard InChI is InChI=1S/C11H13NO/c1-9-11-5-3-2-4-10(11)6-7-12(9)8-13/h2-5,8-9H,6-7H2,1H3/t9-/m0/s1.